The molecule has 0 radical (unpaired) electrons. The lowest BCUT2D eigenvalue weighted by atomic mass is 10.1. The lowest BCUT2D eigenvalue weighted by Gasteiger charge is -2.09. The van der Waals surface area contributed by atoms with Gasteiger partial charge in [-0.15, -0.1) is 0 Å². The van der Waals surface area contributed by atoms with Crippen molar-refractivity contribution in [2.24, 2.45) is 0 Å². The van der Waals surface area contributed by atoms with Gasteiger partial charge in [-0.1, -0.05) is 29.4 Å². The second kappa shape index (κ2) is 7.02. The molecule has 0 aliphatic rings. The molecule has 0 fully saturated rings. The summed E-state index contributed by atoms with van der Waals surface area (Å²) in [6, 6.07) is 12.0. The van der Waals surface area contributed by atoms with Crippen LogP contribution in [0.2, 0.25) is 0 Å². The summed E-state index contributed by atoms with van der Waals surface area (Å²) in [5.41, 5.74) is 3.08. The van der Waals surface area contributed by atoms with Gasteiger partial charge in [-0.3, -0.25) is 0 Å². The van der Waals surface area contributed by atoms with Crippen molar-refractivity contribution in [3.63, 3.8) is 0 Å². The zero-order chi connectivity index (χ0) is 16.1. The minimum absolute atomic E-state index is 0.464. The van der Waals surface area contributed by atoms with Crippen LogP contribution < -0.4 is 5.32 Å². The molecule has 1 aromatic carbocycles. The molecule has 2 aromatic heterocycles. The second-order valence-corrected chi connectivity index (χ2v) is 5.15. The minimum Gasteiger partial charge on any atom is -0.380 e. The van der Waals surface area contributed by atoms with Crippen LogP contribution in [0.1, 0.15) is 17.0 Å². The number of anilines is 1. The van der Waals surface area contributed by atoms with Crippen molar-refractivity contribution < 1.29 is 9.26 Å². The highest BCUT2D eigenvalue weighted by Gasteiger charge is 2.12. The van der Waals surface area contributed by atoms with Gasteiger partial charge in [0.25, 0.3) is 5.89 Å². The molecule has 118 valence electrons. The Bertz CT molecular complexity index is 786. The fourth-order valence-corrected chi connectivity index (χ4v) is 2.31. The van der Waals surface area contributed by atoms with E-state index in [1.807, 2.05) is 24.3 Å². The number of methoxy groups -OCH3 is 1. The Morgan fingerprint density at radius 3 is 2.83 bits per heavy atom. The SMILES string of the molecule is COCc1cccc(CNc2ncccc2-c2nc(C)no2)c1. The fraction of sp³-hybridized carbons (Fsp3) is 0.235. The summed E-state index contributed by atoms with van der Waals surface area (Å²) in [6.45, 7) is 3.04. The second-order valence-electron chi connectivity index (χ2n) is 5.15. The van der Waals surface area contributed by atoms with E-state index < -0.39 is 0 Å². The Morgan fingerprint density at radius 1 is 1.17 bits per heavy atom. The monoisotopic (exact) mass is 310 g/mol. The van der Waals surface area contributed by atoms with Gasteiger partial charge >= 0.3 is 0 Å². The number of hydrogen-bond acceptors (Lipinski definition) is 6. The molecule has 0 saturated carbocycles. The summed E-state index contributed by atoms with van der Waals surface area (Å²) in [5.74, 6) is 1.78. The first-order valence-electron chi connectivity index (χ1n) is 7.32. The average molecular weight is 310 g/mol. The Kier molecular flexibility index (Phi) is 4.63. The van der Waals surface area contributed by atoms with E-state index in [4.69, 9.17) is 9.26 Å². The molecule has 2 heterocycles. The zero-order valence-electron chi connectivity index (χ0n) is 13.1. The molecule has 0 aliphatic heterocycles. The maximum atomic E-state index is 5.24. The van der Waals surface area contributed by atoms with E-state index in [0.717, 1.165) is 16.7 Å². The van der Waals surface area contributed by atoms with Crippen LogP contribution in [-0.2, 0) is 17.9 Å². The van der Waals surface area contributed by atoms with Crippen molar-refractivity contribution in [2.45, 2.75) is 20.1 Å². The van der Waals surface area contributed by atoms with Gasteiger partial charge < -0.3 is 14.6 Å². The third-order valence-corrected chi connectivity index (χ3v) is 3.33. The highest BCUT2D eigenvalue weighted by Crippen LogP contribution is 2.24. The molecule has 6 heteroatoms. The molecule has 3 aromatic rings. The number of benzene rings is 1. The average Bonchev–Trinajstić information content (AvgIpc) is 3.00. The predicted octanol–water partition coefficient (Wildman–Crippen LogP) is 3.20. The molecule has 0 unspecified atom stereocenters. The van der Waals surface area contributed by atoms with Crippen molar-refractivity contribution in [1.29, 1.82) is 0 Å². The number of rotatable bonds is 6. The number of nitrogens with one attached hydrogen (secondary N) is 1. The summed E-state index contributed by atoms with van der Waals surface area (Å²) in [5, 5.41) is 7.16. The van der Waals surface area contributed by atoms with Gasteiger partial charge in [-0.2, -0.15) is 4.98 Å². The van der Waals surface area contributed by atoms with Gasteiger partial charge in [-0.05, 0) is 30.2 Å². The number of nitrogens with zero attached hydrogens (tertiary/aromatic N) is 3. The van der Waals surface area contributed by atoms with E-state index in [-0.39, 0.29) is 0 Å². The van der Waals surface area contributed by atoms with Crippen molar-refractivity contribution in [1.82, 2.24) is 15.1 Å². The van der Waals surface area contributed by atoms with Crippen molar-refractivity contribution in [3.05, 3.63) is 59.5 Å². The normalized spacial score (nSPS) is 10.7. The summed E-state index contributed by atoms with van der Waals surface area (Å²) in [6.07, 6.45) is 1.73. The summed E-state index contributed by atoms with van der Waals surface area (Å²) in [7, 11) is 1.69. The Labute approximate surface area is 134 Å². The quantitative estimate of drug-likeness (QED) is 0.753. The molecular formula is C17H18N4O2. The van der Waals surface area contributed by atoms with Crippen LogP contribution in [0.3, 0.4) is 0 Å². The summed E-state index contributed by atoms with van der Waals surface area (Å²) < 4.78 is 10.4. The van der Waals surface area contributed by atoms with Gasteiger partial charge in [0.1, 0.15) is 5.82 Å². The van der Waals surface area contributed by atoms with Crippen LogP contribution in [0.25, 0.3) is 11.5 Å². The molecule has 0 atom stereocenters. The zero-order valence-corrected chi connectivity index (χ0v) is 13.1. The molecule has 0 amide bonds. The van der Waals surface area contributed by atoms with Gasteiger partial charge in [0.15, 0.2) is 5.82 Å². The first-order valence-corrected chi connectivity index (χ1v) is 7.32. The summed E-state index contributed by atoms with van der Waals surface area (Å²) >= 11 is 0. The third-order valence-electron chi connectivity index (χ3n) is 3.33. The van der Waals surface area contributed by atoms with Crippen LogP contribution in [0.15, 0.2) is 47.1 Å². The smallest absolute Gasteiger partial charge is 0.261 e. The topological polar surface area (TPSA) is 73.1 Å². The molecule has 1 N–H and O–H groups in total. The van der Waals surface area contributed by atoms with E-state index in [0.29, 0.717) is 30.7 Å². The third kappa shape index (κ3) is 3.73. The van der Waals surface area contributed by atoms with Crippen molar-refractivity contribution in [3.8, 4) is 11.5 Å². The maximum Gasteiger partial charge on any atom is 0.261 e. The first kappa shape index (κ1) is 15.2. The van der Waals surface area contributed by atoms with E-state index in [9.17, 15) is 0 Å². The molecule has 0 spiro atoms. The van der Waals surface area contributed by atoms with Crippen molar-refractivity contribution in [2.75, 3.05) is 12.4 Å². The highest BCUT2D eigenvalue weighted by atomic mass is 16.5. The molecule has 3 rings (SSSR count). The Balaban J connectivity index is 1.77. The number of aromatic nitrogens is 3. The van der Waals surface area contributed by atoms with Gasteiger partial charge in [0.2, 0.25) is 0 Å². The highest BCUT2D eigenvalue weighted by molar-refractivity contribution is 5.68. The van der Waals surface area contributed by atoms with Crippen LogP contribution >= 0.6 is 0 Å². The predicted molar refractivity (Wildman–Crippen MR) is 86.7 cm³/mol. The van der Waals surface area contributed by atoms with E-state index in [2.05, 4.69) is 32.6 Å². The van der Waals surface area contributed by atoms with E-state index in [1.165, 1.54) is 0 Å². The number of pyridine rings is 1. The van der Waals surface area contributed by atoms with Crippen LogP contribution in [0, 0.1) is 6.92 Å². The first-order chi connectivity index (χ1) is 11.3. The Hall–Kier alpha value is -2.73. The summed E-state index contributed by atoms with van der Waals surface area (Å²) in [4.78, 5) is 8.64. The largest absolute Gasteiger partial charge is 0.380 e. The lowest BCUT2D eigenvalue weighted by Crippen LogP contribution is -2.03. The number of aryl methyl sites for hydroxylation is 1. The van der Waals surface area contributed by atoms with Gasteiger partial charge in [0, 0.05) is 19.9 Å². The fourth-order valence-electron chi connectivity index (χ4n) is 2.31. The van der Waals surface area contributed by atoms with Crippen LogP contribution in [0.5, 0.6) is 0 Å². The molecule has 0 aliphatic carbocycles. The van der Waals surface area contributed by atoms with Crippen LogP contribution in [0.4, 0.5) is 5.82 Å². The number of ether oxygens (including phenoxy) is 1. The number of hydrogen-bond donors (Lipinski definition) is 1. The maximum absolute atomic E-state index is 5.24. The molecule has 6 nitrogen and oxygen atoms in total. The molecular weight excluding hydrogens is 292 g/mol. The van der Waals surface area contributed by atoms with Crippen LogP contribution in [-0.4, -0.2) is 22.2 Å². The molecule has 23 heavy (non-hydrogen) atoms. The minimum atomic E-state index is 0.464. The standard InChI is InChI=1S/C17H18N4O2/c1-12-20-17(23-21-12)15-7-4-8-18-16(15)19-10-13-5-3-6-14(9-13)11-22-2/h3-9H,10-11H2,1-2H3,(H,18,19). The van der Waals surface area contributed by atoms with Gasteiger partial charge in [0.05, 0.1) is 12.2 Å². The Morgan fingerprint density at radius 2 is 2.04 bits per heavy atom. The lowest BCUT2D eigenvalue weighted by molar-refractivity contribution is 0.185. The van der Waals surface area contributed by atoms with Crippen molar-refractivity contribution >= 4 is 5.82 Å². The molecule has 0 saturated heterocycles. The van der Waals surface area contributed by atoms with E-state index >= 15 is 0 Å². The van der Waals surface area contributed by atoms with Gasteiger partial charge in [-0.25, -0.2) is 4.98 Å². The van der Waals surface area contributed by atoms with E-state index in [1.54, 1.807) is 20.2 Å². The molecule has 0 bridgehead atoms.